The van der Waals surface area contributed by atoms with Crippen LogP contribution in [0.5, 0.6) is 0 Å². The minimum Gasteiger partial charge on any atom is -0.383 e. The van der Waals surface area contributed by atoms with Gasteiger partial charge < -0.3 is 15.0 Å². The summed E-state index contributed by atoms with van der Waals surface area (Å²) in [6.45, 7) is 0.819. The van der Waals surface area contributed by atoms with Gasteiger partial charge in [-0.3, -0.25) is 14.2 Å². The number of hydrogen-bond donors (Lipinski definition) is 2. The molecular formula is C18H16ClN3O3S. The molecule has 1 aromatic heterocycles. The molecule has 8 heteroatoms. The maximum Gasteiger partial charge on any atom is 0.266 e. The van der Waals surface area contributed by atoms with Gasteiger partial charge in [-0.15, -0.1) is 0 Å². The Morgan fingerprint density at radius 3 is 2.88 bits per heavy atom. The number of methoxy groups -OCH3 is 1. The molecule has 3 rings (SSSR count). The van der Waals surface area contributed by atoms with Crippen LogP contribution in [0.3, 0.4) is 0 Å². The molecule has 2 N–H and O–H groups in total. The number of rotatable bonds is 5. The van der Waals surface area contributed by atoms with Gasteiger partial charge in [0.05, 0.1) is 23.2 Å². The summed E-state index contributed by atoms with van der Waals surface area (Å²) in [5.41, 5.74) is 1.22. The van der Waals surface area contributed by atoms with Crippen molar-refractivity contribution in [3.8, 4) is 5.69 Å². The van der Waals surface area contributed by atoms with Crippen molar-refractivity contribution in [2.45, 2.75) is 0 Å². The first kappa shape index (κ1) is 18.3. The number of fused-ring (bicyclic) bond motifs is 1. The molecule has 0 fully saturated rings. The van der Waals surface area contributed by atoms with Crippen LogP contribution in [0.2, 0.25) is 5.02 Å². The monoisotopic (exact) mass is 389 g/mol. The van der Waals surface area contributed by atoms with Gasteiger partial charge in [0.1, 0.15) is 0 Å². The number of H-pyrrole nitrogens is 1. The topological polar surface area (TPSA) is 76.1 Å². The number of nitrogens with one attached hydrogen (secondary N) is 2. The maximum absolute atomic E-state index is 12.9. The van der Waals surface area contributed by atoms with Crippen LogP contribution in [-0.2, 0) is 4.74 Å². The number of benzene rings is 2. The molecule has 0 unspecified atom stereocenters. The van der Waals surface area contributed by atoms with Crippen molar-refractivity contribution >= 4 is 40.6 Å². The van der Waals surface area contributed by atoms with E-state index >= 15 is 0 Å². The van der Waals surface area contributed by atoms with E-state index in [9.17, 15) is 9.59 Å². The Morgan fingerprint density at radius 1 is 1.31 bits per heavy atom. The van der Waals surface area contributed by atoms with E-state index in [1.165, 1.54) is 4.57 Å². The van der Waals surface area contributed by atoms with Crippen molar-refractivity contribution in [2.75, 3.05) is 20.3 Å². The van der Waals surface area contributed by atoms with E-state index in [0.717, 1.165) is 0 Å². The van der Waals surface area contributed by atoms with Crippen molar-refractivity contribution in [2.24, 2.45) is 0 Å². The van der Waals surface area contributed by atoms with Gasteiger partial charge in [-0.25, -0.2) is 0 Å². The number of hydrogen-bond acceptors (Lipinski definition) is 4. The molecule has 0 saturated heterocycles. The zero-order valence-corrected chi connectivity index (χ0v) is 15.5. The molecule has 0 bridgehead atoms. The Hall–Kier alpha value is -2.48. The average molecular weight is 390 g/mol. The van der Waals surface area contributed by atoms with Gasteiger partial charge in [0.2, 0.25) is 0 Å². The zero-order valence-electron chi connectivity index (χ0n) is 13.9. The fourth-order valence-electron chi connectivity index (χ4n) is 2.58. The van der Waals surface area contributed by atoms with E-state index in [0.29, 0.717) is 40.3 Å². The average Bonchev–Trinajstić information content (AvgIpc) is 2.61. The summed E-state index contributed by atoms with van der Waals surface area (Å²) < 4.78 is 6.50. The molecule has 0 radical (unpaired) electrons. The van der Waals surface area contributed by atoms with E-state index < -0.39 is 0 Å². The predicted octanol–water partition coefficient (Wildman–Crippen LogP) is 3.08. The Kier molecular flexibility index (Phi) is 5.51. The first-order valence-corrected chi connectivity index (χ1v) is 8.62. The largest absolute Gasteiger partial charge is 0.383 e. The zero-order chi connectivity index (χ0) is 18.7. The number of amides is 1. The molecule has 0 saturated carbocycles. The summed E-state index contributed by atoms with van der Waals surface area (Å²) in [5, 5.41) is 3.71. The van der Waals surface area contributed by atoms with Crippen LogP contribution in [0.4, 0.5) is 0 Å². The summed E-state index contributed by atoms with van der Waals surface area (Å²) >= 11 is 11.3. The van der Waals surface area contributed by atoms with Crippen LogP contribution in [0.1, 0.15) is 10.4 Å². The van der Waals surface area contributed by atoms with Crippen LogP contribution in [0, 0.1) is 4.77 Å². The standard InChI is InChI=1S/C18H16ClN3O3S/c1-25-8-7-20-16(23)11-3-2-4-13(9-11)22-17(24)14-6-5-12(19)10-15(14)21-18(22)26/h2-6,9-10H,7-8H2,1H3,(H,20,23)(H,21,26). The van der Waals surface area contributed by atoms with Crippen LogP contribution in [0.15, 0.2) is 47.3 Å². The van der Waals surface area contributed by atoms with Gasteiger partial charge in [-0.05, 0) is 48.6 Å². The molecule has 1 heterocycles. The SMILES string of the molecule is COCCNC(=O)c1cccc(-n2c(=S)[nH]c3cc(Cl)ccc3c2=O)c1. The lowest BCUT2D eigenvalue weighted by Gasteiger charge is -2.10. The highest BCUT2D eigenvalue weighted by molar-refractivity contribution is 7.71. The highest BCUT2D eigenvalue weighted by Gasteiger charge is 2.11. The van der Waals surface area contributed by atoms with Crippen molar-refractivity contribution in [3.05, 3.63) is 68.2 Å². The lowest BCUT2D eigenvalue weighted by Crippen LogP contribution is -2.27. The molecule has 0 atom stereocenters. The van der Waals surface area contributed by atoms with Crippen LogP contribution in [0.25, 0.3) is 16.6 Å². The Bertz CT molecular complexity index is 1090. The van der Waals surface area contributed by atoms with Crippen molar-refractivity contribution in [1.29, 1.82) is 0 Å². The number of halogens is 1. The highest BCUT2D eigenvalue weighted by Crippen LogP contribution is 2.16. The van der Waals surface area contributed by atoms with E-state index in [4.69, 9.17) is 28.6 Å². The third-order valence-electron chi connectivity index (χ3n) is 3.82. The second-order valence-corrected chi connectivity index (χ2v) is 6.38. The summed E-state index contributed by atoms with van der Waals surface area (Å²) in [7, 11) is 1.56. The molecule has 0 aliphatic carbocycles. The summed E-state index contributed by atoms with van der Waals surface area (Å²) in [6.07, 6.45) is 0. The van der Waals surface area contributed by atoms with E-state index in [-0.39, 0.29) is 16.2 Å². The molecule has 6 nitrogen and oxygen atoms in total. The minimum absolute atomic E-state index is 0.224. The fraction of sp³-hybridized carbons (Fsp3) is 0.167. The van der Waals surface area contributed by atoms with Gasteiger partial charge in [0, 0.05) is 24.2 Å². The number of carbonyl (C=O) groups is 1. The van der Waals surface area contributed by atoms with Gasteiger partial charge in [0.25, 0.3) is 11.5 Å². The van der Waals surface area contributed by atoms with Crippen molar-refractivity contribution in [1.82, 2.24) is 14.9 Å². The van der Waals surface area contributed by atoms with Crippen LogP contribution >= 0.6 is 23.8 Å². The van der Waals surface area contributed by atoms with E-state index in [2.05, 4.69) is 10.3 Å². The van der Waals surface area contributed by atoms with Crippen molar-refractivity contribution < 1.29 is 9.53 Å². The molecule has 3 aromatic rings. The first-order chi connectivity index (χ1) is 12.5. The Morgan fingerprint density at radius 2 is 2.12 bits per heavy atom. The number of ether oxygens (including phenoxy) is 1. The second kappa shape index (κ2) is 7.82. The fourth-order valence-corrected chi connectivity index (χ4v) is 3.05. The molecule has 0 aliphatic rings. The van der Waals surface area contributed by atoms with E-state index in [1.54, 1.807) is 49.6 Å². The normalized spacial score (nSPS) is 10.8. The lowest BCUT2D eigenvalue weighted by molar-refractivity contribution is 0.0937. The molecule has 0 spiro atoms. The quantitative estimate of drug-likeness (QED) is 0.519. The molecule has 0 aliphatic heterocycles. The number of nitrogens with zero attached hydrogens (tertiary/aromatic N) is 1. The maximum atomic E-state index is 12.9. The number of carbonyl (C=O) groups excluding carboxylic acids is 1. The minimum atomic E-state index is -0.280. The van der Waals surface area contributed by atoms with Crippen molar-refractivity contribution in [3.63, 3.8) is 0 Å². The van der Waals surface area contributed by atoms with Crippen LogP contribution in [-0.4, -0.2) is 35.7 Å². The second-order valence-electron chi connectivity index (χ2n) is 5.56. The molecule has 134 valence electrons. The molecule has 26 heavy (non-hydrogen) atoms. The summed E-state index contributed by atoms with van der Waals surface area (Å²) in [5.74, 6) is -0.251. The summed E-state index contributed by atoms with van der Waals surface area (Å²) in [6, 6.07) is 11.7. The summed E-state index contributed by atoms with van der Waals surface area (Å²) in [4.78, 5) is 28.1. The Balaban J connectivity index is 2.06. The third kappa shape index (κ3) is 3.70. The Labute approximate surface area is 159 Å². The van der Waals surface area contributed by atoms with Gasteiger partial charge >= 0.3 is 0 Å². The van der Waals surface area contributed by atoms with Gasteiger partial charge in [-0.2, -0.15) is 0 Å². The molecular weight excluding hydrogens is 374 g/mol. The number of aromatic amines is 1. The van der Waals surface area contributed by atoms with Gasteiger partial charge in [-0.1, -0.05) is 17.7 Å². The highest BCUT2D eigenvalue weighted by atomic mass is 35.5. The smallest absolute Gasteiger partial charge is 0.266 e. The van der Waals surface area contributed by atoms with E-state index in [1.807, 2.05) is 0 Å². The molecule has 2 aromatic carbocycles. The predicted molar refractivity (Wildman–Crippen MR) is 104 cm³/mol. The lowest BCUT2D eigenvalue weighted by atomic mass is 10.1. The van der Waals surface area contributed by atoms with Crippen LogP contribution < -0.4 is 10.9 Å². The van der Waals surface area contributed by atoms with Gasteiger partial charge in [0.15, 0.2) is 4.77 Å². The third-order valence-corrected chi connectivity index (χ3v) is 4.34. The first-order valence-electron chi connectivity index (χ1n) is 7.83. The molecule has 1 amide bonds. The number of aromatic nitrogens is 2.